The molecule has 1 amide bonds. The van der Waals surface area contributed by atoms with Crippen molar-refractivity contribution in [2.24, 2.45) is 0 Å². The van der Waals surface area contributed by atoms with Crippen molar-refractivity contribution in [1.29, 1.82) is 0 Å². The summed E-state index contributed by atoms with van der Waals surface area (Å²) in [4.78, 5) is 20.6. The molecule has 0 spiro atoms. The molecule has 2 N–H and O–H groups in total. The van der Waals surface area contributed by atoms with E-state index in [4.69, 9.17) is 4.74 Å². The van der Waals surface area contributed by atoms with Crippen molar-refractivity contribution in [2.45, 2.75) is 13.3 Å². The molecule has 0 aliphatic heterocycles. The fraction of sp³-hybridized carbons (Fsp3) is 0.353. The number of amides is 1. The van der Waals surface area contributed by atoms with Gasteiger partial charge in [-0.1, -0.05) is 12.1 Å². The molecule has 0 fully saturated rings. The van der Waals surface area contributed by atoms with Crippen molar-refractivity contribution in [2.75, 3.05) is 32.1 Å². The van der Waals surface area contributed by atoms with Crippen LogP contribution in [0.4, 0.5) is 10.3 Å². The number of anilines is 1. The molecule has 128 valence electrons. The first kappa shape index (κ1) is 17.8. The number of ether oxygens (including phenoxy) is 1. The molecule has 0 atom stereocenters. The van der Waals surface area contributed by atoms with Crippen LogP contribution in [0.2, 0.25) is 0 Å². The maximum Gasteiger partial charge on any atom is 0.270 e. The zero-order chi connectivity index (χ0) is 17.4. The molecule has 2 aromatic rings. The van der Waals surface area contributed by atoms with E-state index in [1.165, 1.54) is 12.1 Å². The molecule has 0 unspecified atom stereocenters. The van der Waals surface area contributed by atoms with Gasteiger partial charge >= 0.3 is 0 Å². The van der Waals surface area contributed by atoms with Gasteiger partial charge in [-0.05, 0) is 37.1 Å². The maximum atomic E-state index is 12.8. The number of halogens is 1. The van der Waals surface area contributed by atoms with Crippen LogP contribution >= 0.6 is 0 Å². The molecule has 0 saturated carbocycles. The number of benzene rings is 1. The second-order valence-corrected chi connectivity index (χ2v) is 5.27. The summed E-state index contributed by atoms with van der Waals surface area (Å²) in [5, 5.41) is 5.81. The predicted molar refractivity (Wildman–Crippen MR) is 89.6 cm³/mol. The van der Waals surface area contributed by atoms with E-state index in [9.17, 15) is 9.18 Å². The summed E-state index contributed by atoms with van der Waals surface area (Å²) in [5.74, 6) is -0.138. The van der Waals surface area contributed by atoms with Gasteiger partial charge < -0.3 is 15.4 Å². The summed E-state index contributed by atoms with van der Waals surface area (Å²) in [7, 11) is 1.61. The van der Waals surface area contributed by atoms with Crippen LogP contribution in [0.25, 0.3) is 0 Å². The number of hydrogen-bond donors (Lipinski definition) is 2. The van der Waals surface area contributed by atoms with Gasteiger partial charge in [0.1, 0.15) is 11.5 Å². The Labute approximate surface area is 140 Å². The lowest BCUT2D eigenvalue weighted by atomic mass is 10.1. The minimum absolute atomic E-state index is 0.266. The Morgan fingerprint density at radius 1 is 1.21 bits per heavy atom. The van der Waals surface area contributed by atoms with Crippen LogP contribution in [0.5, 0.6) is 0 Å². The van der Waals surface area contributed by atoms with E-state index in [0.717, 1.165) is 5.56 Å². The molecule has 24 heavy (non-hydrogen) atoms. The molecule has 6 nitrogen and oxygen atoms in total. The number of carbonyl (C=O) groups excluding carboxylic acids is 1. The standard InChI is InChI=1S/C17H21FN4O2/c1-12-11-15(22-17(21-12)20-9-10-24-2)16(23)19-8-7-13-3-5-14(18)6-4-13/h3-6,11H,7-10H2,1-2H3,(H,19,23)(H,20,21,22). The van der Waals surface area contributed by atoms with Crippen molar-refractivity contribution in [3.8, 4) is 0 Å². The summed E-state index contributed by atoms with van der Waals surface area (Å²) >= 11 is 0. The van der Waals surface area contributed by atoms with E-state index in [-0.39, 0.29) is 11.7 Å². The van der Waals surface area contributed by atoms with Gasteiger partial charge in [0, 0.05) is 25.9 Å². The van der Waals surface area contributed by atoms with Crippen LogP contribution in [0.15, 0.2) is 30.3 Å². The fourth-order valence-electron chi connectivity index (χ4n) is 2.09. The summed E-state index contributed by atoms with van der Waals surface area (Å²) in [5.41, 5.74) is 1.97. The third kappa shape index (κ3) is 5.58. The molecule has 0 bridgehead atoms. The van der Waals surface area contributed by atoms with E-state index in [0.29, 0.717) is 43.5 Å². The highest BCUT2D eigenvalue weighted by Crippen LogP contribution is 2.06. The zero-order valence-corrected chi connectivity index (χ0v) is 13.8. The van der Waals surface area contributed by atoms with E-state index >= 15 is 0 Å². The van der Waals surface area contributed by atoms with Crippen molar-refractivity contribution in [1.82, 2.24) is 15.3 Å². The molecule has 1 aromatic heterocycles. The van der Waals surface area contributed by atoms with Gasteiger partial charge in [-0.3, -0.25) is 4.79 Å². The first-order valence-corrected chi connectivity index (χ1v) is 7.69. The van der Waals surface area contributed by atoms with Crippen LogP contribution < -0.4 is 10.6 Å². The third-order valence-electron chi connectivity index (χ3n) is 3.29. The van der Waals surface area contributed by atoms with Crippen LogP contribution in [0, 0.1) is 12.7 Å². The van der Waals surface area contributed by atoms with Crippen molar-refractivity contribution in [3.05, 3.63) is 53.1 Å². The second-order valence-electron chi connectivity index (χ2n) is 5.27. The largest absolute Gasteiger partial charge is 0.383 e. The third-order valence-corrected chi connectivity index (χ3v) is 3.29. The highest BCUT2D eigenvalue weighted by molar-refractivity contribution is 5.92. The van der Waals surface area contributed by atoms with E-state index < -0.39 is 0 Å². The Hall–Kier alpha value is -2.54. The number of nitrogens with one attached hydrogen (secondary N) is 2. The van der Waals surface area contributed by atoms with Crippen molar-refractivity contribution in [3.63, 3.8) is 0 Å². The first-order valence-electron chi connectivity index (χ1n) is 7.69. The van der Waals surface area contributed by atoms with Gasteiger partial charge in [-0.15, -0.1) is 0 Å². The van der Waals surface area contributed by atoms with Gasteiger partial charge in [0.2, 0.25) is 5.95 Å². The Morgan fingerprint density at radius 3 is 2.67 bits per heavy atom. The number of hydrogen-bond acceptors (Lipinski definition) is 5. The highest BCUT2D eigenvalue weighted by Gasteiger charge is 2.10. The molecule has 7 heteroatoms. The summed E-state index contributed by atoms with van der Waals surface area (Å²) in [6, 6.07) is 7.85. The Bertz CT molecular complexity index is 677. The quantitative estimate of drug-likeness (QED) is 0.723. The predicted octanol–water partition coefficient (Wildman–Crippen LogP) is 1.95. The van der Waals surface area contributed by atoms with Crippen molar-refractivity contribution < 1.29 is 13.9 Å². The molecular weight excluding hydrogens is 311 g/mol. The molecule has 0 saturated heterocycles. The van der Waals surface area contributed by atoms with Crippen molar-refractivity contribution >= 4 is 11.9 Å². The number of carbonyl (C=O) groups is 1. The Morgan fingerprint density at radius 2 is 1.96 bits per heavy atom. The maximum absolute atomic E-state index is 12.8. The number of nitrogens with zero attached hydrogens (tertiary/aromatic N) is 2. The summed E-state index contributed by atoms with van der Waals surface area (Å²) in [6.07, 6.45) is 0.620. The average Bonchev–Trinajstić information content (AvgIpc) is 2.56. The second kappa shape index (κ2) is 8.93. The zero-order valence-electron chi connectivity index (χ0n) is 13.8. The topological polar surface area (TPSA) is 76.1 Å². The Balaban J connectivity index is 1.90. The minimum Gasteiger partial charge on any atom is -0.383 e. The van der Waals surface area contributed by atoms with E-state index in [1.54, 1.807) is 32.2 Å². The lowest BCUT2D eigenvalue weighted by Gasteiger charge is -2.09. The average molecular weight is 332 g/mol. The Kier molecular flexibility index (Phi) is 6.62. The number of aromatic nitrogens is 2. The van der Waals surface area contributed by atoms with E-state index in [1.807, 2.05) is 0 Å². The molecule has 1 aromatic carbocycles. The smallest absolute Gasteiger partial charge is 0.270 e. The number of methoxy groups -OCH3 is 1. The van der Waals surface area contributed by atoms with Crippen LogP contribution in [-0.4, -0.2) is 42.7 Å². The van der Waals surface area contributed by atoms with Gasteiger partial charge in [-0.25, -0.2) is 14.4 Å². The van der Waals surface area contributed by atoms with E-state index in [2.05, 4.69) is 20.6 Å². The lowest BCUT2D eigenvalue weighted by molar-refractivity contribution is 0.0949. The van der Waals surface area contributed by atoms with Gasteiger partial charge in [-0.2, -0.15) is 0 Å². The molecule has 0 aliphatic rings. The summed E-state index contributed by atoms with van der Waals surface area (Å²) < 4.78 is 17.8. The van der Waals surface area contributed by atoms with Crippen LogP contribution in [0.3, 0.4) is 0 Å². The van der Waals surface area contributed by atoms with Gasteiger partial charge in [0.25, 0.3) is 5.91 Å². The molecule has 0 radical (unpaired) electrons. The molecule has 0 aliphatic carbocycles. The normalized spacial score (nSPS) is 10.5. The lowest BCUT2D eigenvalue weighted by Crippen LogP contribution is -2.27. The molecule has 1 heterocycles. The first-order chi connectivity index (χ1) is 11.6. The fourth-order valence-corrected chi connectivity index (χ4v) is 2.09. The number of aryl methyl sites for hydroxylation is 1. The van der Waals surface area contributed by atoms with Gasteiger partial charge in [0.15, 0.2) is 0 Å². The molecule has 2 rings (SSSR count). The monoisotopic (exact) mass is 332 g/mol. The highest BCUT2D eigenvalue weighted by atomic mass is 19.1. The van der Waals surface area contributed by atoms with Crippen LogP contribution in [-0.2, 0) is 11.2 Å². The summed E-state index contributed by atoms with van der Waals surface area (Å²) in [6.45, 7) is 3.33. The van der Waals surface area contributed by atoms with Crippen LogP contribution in [0.1, 0.15) is 21.7 Å². The number of rotatable bonds is 8. The van der Waals surface area contributed by atoms with Gasteiger partial charge in [0.05, 0.1) is 6.61 Å². The minimum atomic E-state index is -0.271. The SMILES string of the molecule is COCCNc1nc(C)cc(C(=O)NCCc2ccc(F)cc2)n1. The molecular formula is C17H21FN4O2.